The smallest absolute Gasteiger partial charge is 0.166 e. The molecular weight excluding hydrogens is 184 g/mol. The van der Waals surface area contributed by atoms with Gasteiger partial charge in [-0.2, -0.15) is 0 Å². The van der Waals surface area contributed by atoms with E-state index in [0.29, 0.717) is 12.6 Å². The Morgan fingerprint density at radius 2 is 2.00 bits per heavy atom. The number of thiocarbonyl (C=S) groups is 1. The van der Waals surface area contributed by atoms with Gasteiger partial charge in [0.1, 0.15) is 0 Å². The van der Waals surface area contributed by atoms with Gasteiger partial charge in [-0.15, -0.1) is 0 Å². The topological polar surface area (TPSA) is 33.3 Å². The lowest BCUT2D eigenvalue weighted by Crippen LogP contribution is -2.42. The van der Waals surface area contributed by atoms with Crippen molar-refractivity contribution in [3.63, 3.8) is 0 Å². The molecule has 0 saturated heterocycles. The number of hydrogen-bond donors (Lipinski definition) is 2. The highest BCUT2D eigenvalue weighted by Gasteiger charge is 2.03. The van der Waals surface area contributed by atoms with E-state index in [1.54, 1.807) is 7.11 Å². The Morgan fingerprint density at radius 3 is 2.46 bits per heavy atom. The first-order valence-corrected chi connectivity index (χ1v) is 5.18. The molecule has 0 aliphatic rings. The third kappa shape index (κ3) is 6.78. The monoisotopic (exact) mass is 204 g/mol. The molecule has 0 rings (SSSR count). The van der Waals surface area contributed by atoms with Crippen molar-refractivity contribution in [2.45, 2.75) is 32.7 Å². The molecule has 0 aromatic rings. The second kappa shape index (κ2) is 8.26. The van der Waals surface area contributed by atoms with Crippen LogP contribution in [0.25, 0.3) is 0 Å². The standard InChI is InChI=1S/C9H20N2OS/c1-4-8(5-2)11-9(13)10-6-7-12-3/h8H,4-7H2,1-3H3,(H2,10,11,13). The summed E-state index contributed by atoms with van der Waals surface area (Å²) in [6.07, 6.45) is 2.20. The van der Waals surface area contributed by atoms with Crippen molar-refractivity contribution in [1.29, 1.82) is 0 Å². The number of nitrogens with one attached hydrogen (secondary N) is 2. The van der Waals surface area contributed by atoms with E-state index < -0.39 is 0 Å². The molecule has 0 radical (unpaired) electrons. The van der Waals surface area contributed by atoms with Gasteiger partial charge < -0.3 is 15.4 Å². The molecule has 0 amide bonds. The Kier molecular flexibility index (Phi) is 8.04. The number of ether oxygens (including phenoxy) is 1. The Balaban J connectivity index is 3.48. The van der Waals surface area contributed by atoms with Gasteiger partial charge in [0.2, 0.25) is 0 Å². The molecule has 0 bridgehead atoms. The molecule has 0 aromatic heterocycles. The van der Waals surface area contributed by atoms with E-state index >= 15 is 0 Å². The first-order chi connectivity index (χ1) is 6.24. The first kappa shape index (κ1) is 12.7. The third-order valence-corrected chi connectivity index (χ3v) is 2.17. The Labute approximate surface area is 86.2 Å². The zero-order valence-corrected chi connectivity index (χ0v) is 9.54. The van der Waals surface area contributed by atoms with Crippen molar-refractivity contribution in [3.05, 3.63) is 0 Å². The second-order valence-electron chi connectivity index (χ2n) is 2.91. The van der Waals surface area contributed by atoms with Gasteiger partial charge in [-0.1, -0.05) is 13.8 Å². The molecule has 3 nitrogen and oxygen atoms in total. The lowest BCUT2D eigenvalue weighted by atomic mass is 10.2. The Bertz CT molecular complexity index is 138. The first-order valence-electron chi connectivity index (χ1n) is 4.77. The fourth-order valence-corrected chi connectivity index (χ4v) is 1.26. The van der Waals surface area contributed by atoms with Crippen LogP contribution in [0.5, 0.6) is 0 Å². The predicted molar refractivity (Wildman–Crippen MR) is 60.0 cm³/mol. The maximum atomic E-state index is 5.10. The van der Waals surface area contributed by atoms with Crippen LogP contribution in [0.4, 0.5) is 0 Å². The summed E-state index contributed by atoms with van der Waals surface area (Å²) < 4.78 is 4.90. The van der Waals surface area contributed by atoms with E-state index in [1.807, 2.05) is 0 Å². The van der Waals surface area contributed by atoms with Gasteiger partial charge in [0.25, 0.3) is 0 Å². The SMILES string of the molecule is CCC(CC)NC(=S)NCCOC. The van der Waals surface area contributed by atoms with Gasteiger partial charge in [-0.25, -0.2) is 0 Å². The van der Waals surface area contributed by atoms with Crippen LogP contribution in [0, 0.1) is 0 Å². The van der Waals surface area contributed by atoms with Gasteiger partial charge in [0.15, 0.2) is 5.11 Å². The molecule has 0 saturated carbocycles. The zero-order chi connectivity index (χ0) is 10.1. The van der Waals surface area contributed by atoms with Crippen molar-refractivity contribution in [2.24, 2.45) is 0 Å². The molecule has 0 atom stereocenters. The molecule has 0 aromatic carbocycles. The second-order valence-corrected chi connectivity index (χ2v) is 3.31. The van der Waals surface area contributed by atoms with Crippen molar-refractivity contribution >= 4 is 17.3 Å². The van der Waals surface area contributed by atoms with Gasteiger partial charge in [-0.3, -0.25) is 0 Å². The van der Waals surface area contributed by atoms with Gasteiger partial charge in [0.05, 0.1) is 6.61 Å². The number of hydrogen-bond acceptors (Lipinski definition) is 2. The van der Waals surface area contributed by atoms with Crippen molar-refractivity contribution in [3.8, 4) is 0 Å². The maximum Gasteiger partial charge on any atom is 0.166 e. The normalized spacial score (nSPS) is 10.2. The molecule has 2 N–H and O–H groups in total. The van der Waals surface area contributed by atoms with E-state index in [-0.39, 0.29) is 0 Å². The van der Waals surface area contributed by atoms with Crippen molar-refractivity contribution in [1.82, 2.24) is 10.6 Å². The largest absolute Gasteiger partial charge is 0.383 e. The van der Waals surface area contributed by atoms with Gasteiger partial charge in [-0.05, 0) is 25.1 Å². The molecule has 0 aliphatic carbocycles. The lowest BCUT2D eigenvalue weighted by molar-refractivity contribution is 0.204. The van der Waals surface area contributed by atoms with E-state index in [9.17, 15) is 0 Å². The van der Waals surface area contributed by atoms with E-state index in [2.05, 4.69) is 24.5 Å². The summed E-state index contributed by atoms with van der Waals surface area (Å²) in [7, 11) is 1.68. The average Bonchev–Trinajstić information content (AvgIpc) is 2.14. The zero-order valence-electron chi connectivity index (χ0n) is 8.72. The third-order valence-electron chi connectivity index (χ3n) is 1.91. The number of methoxy groups -OCH3 is 1. The van der Waals surface area contributed by atoms with Crippen LogP contribution in [0.15, 0.2) is 0 Å². The van der Waals surface area contributed by atoms with Crippen LogP contribution in [-0.2, 0) is 4.74 Å². The number of rotatable bonds is 6. The quantitative estimate of drug-likeness (QED) is 0.504. The molecule has 78 valence electrons. The molecule has 0 unspecified atom stereocenters. The fraction of sp³-hybridized carbons (Fsp3) is 0.889. The molecule has 0 heterocycles. The molecule has 0 aliphatic heterocycles. The maximum absolute atomic E-state index is 5.10. The Morgan fingerprint density at radius 1 is 1.38 bits per heavy atom. The van der Waals surface area contributed by atoms with Crippen molar-refractivity contribution in [2.75, 3.05) is 20.3 Å². The molecule has 0 fully saturated rings. The summed E-state index contributed by atoms with van der Waals surface area (Å²) >= 11 is 5.10. The van der Waals surface area contributed by atoms with Crippen LogP contribution in [0.1, 0.15) is 26.7 Å². The van der Waals surface area contributed by atoms with Gasteiger partial charge >= 0.3 is 0 Å². The van der Waals surface area contributed by atoms with Crippen LogP contribution < -0.4 is 10.6 Å². The van der Waals surface area contributed by atoms with Crippen LogP contribution >= 0.6 is 12.2 Å². The predicted octanol–water partition coefficient (Wildman–Crippen LogP) is 1.29. The highest BCUT2D eigenvalue weighted by molar-refractivity contribution is 7.80. The van der Waals surface area contributed by atoms with Crippen LogP contribution in [0.3, 0.4) is 0 Å². The molecule has 0 spiro atoms. The van der Waals surface area contributed by atoms with Crippen LogP contribution in [0.2, 0.25) is 0 Å². The Hall–Kier alpha value is -0.350. The van der Waals surface area contributed by atoms with E-state index in [0.717, 1.165) is 24.5 Å². The lowest BCUT2D eigenvalue weighted by Gasteiger charge is -2.17. The molecular formula is C9H20N2OS. The van der Waals surface area contributed by atoms with Crippen LogP contribution in [-0.4, -0.2) is 31.4 Å². The summed E-state index contributed by atoms with van der Waals surface area (Å²) in [6.45, 7) is 5.76. The minimum atomic E-state index is 0.488. The summed E-state index contributed by atoms with van der Waals surface area (Å²) in [4.78, 5) is 0. The van der Waals surface area contributed by atoms with E-state index in [1.165, 1.54) is 0 Å². The van der Waals surface area contributed by atoms with Crippen molar-refractivity contribution < 1.29 is 4.74 Å². The van der Waals surface area contributed by atoms with E-state index in [4.69, 9.17) is 17.0 Å². The highest BCUT2D eigenvalue weighted by Crippen LogP contribution is 1.94. The van der Waals surface area contributed by atoms with Gasteiger partial charge in [0, 0.05) is 19.7 Å². The minimum Gasteiger partial charge on any atom is -0.383 e. The summed E-state index contributed by atoms with van der Waals surface area (Å²) in [5, 5.41) is 7.05. The average molecular weight is 204 g/mol. The fourth-order valence-electron chi connectivity index (χ4n) is 0.996. The summed E-state index contributed by atoms with van der Waals surface area (Å²) in [5.74, 6) is 0. The highest BCUT2D eigenvalue weighted by atomic mass is 32.1. The summed E-state index contributed by atoms with van der Waals surface area (Å²) in [6, 6.07) is 0.488. The molecule has 4 heteroatoms. The molecule has 13 heavy (non-hydrogen) atoms. The summed E-state index contributed by atoms with van der Waals surface area (Å²) in [5.41, 5.74) is 0. The minimum absolute atomic E-state index is 0.488.